The van der Waals surface area contributed by atoms with Gasteiger partial charge >= 0.3 is 0 Å². The zero-order valence-corrected chi connectivity index (χ0v) is 17.1. The van der Waals surface area contributed by atoms with E-state index in [0.717, 1.165) is 16.9 Å². The zero-order chi connectivity index (χ0) is 21.3. The molecule has 7 heteroatoms. The summed E-state index contributed by atoms with van der Waals surface area (Å²) in [6.07, 6.45) is 0.420. The van der Waals surface area contributed by atoms with Crippen molar-refractivity contribution >= 4 is 17.7 Å². The lowest BCUT2D eigenvalue weighted by Crippen LogP contribution is -2.70. The average Bonchev–Trinajstić information content (AvgIpc) is 2.77. The Labute approximate surface area is 175 Å². The monoisotopic (exact) mass is 407 g/mol. The minimum atomic E-state index is -0.646. The Kier molecular flexibility index (Phi) is 5.44. The van der Waals surface area contributed by atoms with Crippen molar-refractivity contribution in [1.29, 1.82) is 0 Å². The van der Waals surface area contributed by atoms with Gasteiger partial charge in [-0.05, 0) is 36.8 Å². The van der Waals surface area contributed by atoms with E-state index in [1.165, 1.54) is 0 Å². The van der Waals surface area contributed by atoms with Crippen LogP contribution in [0.2, 0.25) is 0 Å². The molecule has 4 rings (SSSR count). The highest BCUT2D eigenvalue weighted by Gasteiger charge is 2.44. The van der Waals surface area contributed by atoms with Crippen molar-refractivity contribution in [3.8, 4) is 5.75 Å². The molecule has 1 N–H and O–H groups in total. The normalized spacial score (nSPS) is 21.1. The van der Waals surface area contributed by atoms with E-state index < -0.39 is 12.1 Å². The number of carbonyl (C=O) groups excluding carboxylic acids is 3. The first kappa shape index (κ1) is 19.9. The number of ether oxygens (including phenoxy) is 1. The number of rotatable bonds is 4. The number of hydrogen-bond acceptors (Lipinski definition) is 4. The second-order valence-corrected chi connectivity index (χ2v) is 7.78. The average molecular weight is 407 g/mol. The van der Waals surface area contributed by atoms with Crippen LogP contribution in [0.25, 0.3) is 0 Å². The molecule has 0 radical (unpaired) electrons. The highest BCUT2D eigenvalue weighted by atomic mass is 16.5. The Balaban J connectivity index is 1.44. The first-order chi connectivity index (χ1) is 14.5. The maximum absolute atomic E-state index is 13.0. The van der Waals surface area contributed by atoms with Gasteiger partial charge in [0.05, 0.1) is 13.7 Å². The van der Waals surface area contributed by atoms with Crippen molar-refractivity contribution in [1.82, 2.24) is 15.1 Å². The van der Waals surface area contributed by atoms with E-state index in [2.05, 4.69) is 5.32 Å². The van der Waals surface area contributed by atoms with E-state index >= 15 is 0 Å². The van der Waals surface area contributed by atoms with Gasteiger partial charge in [0, 0.05) is 25.1 Å². The van der Waals surface area contributed by atoms with Crippen molar-refractivity contribution in [3.63, 3.8) is 0 Å². The summed E-state index contributed by atoms with van der Waals surface area (Å²) in [7, 11) is 1.60. The molecule has 3 amide bonds. The van der Waals surface area contributed by atoms with E-state index in [0.29, 0.717) is 25.1 Å². The third-order valence-electron chi connectivity index (χ3n) is 5.73. The standard InChI is InChI=1S/C23H25N3O4/c1-15-4-3-5-17(12-15)22(28)25-10-11-26-20(14-25)21(27)24-19(23(26)29)13-16-6-8-18(30-2)9-7-16/h3-9,12,19-20H,10-11,13-14H2,1-2H3,(H,24,27)/t19-,20+/m0/s1. The molecule has 0 unspecified atom stereocenters. The highest BCUT2D eigenvalue weighted by molar-refractivity contribution is 5.99. The van der Waals surface area contributed by atoms with Gasteiger partial charge in [0.15, 0.2) is 0 Å². The van der Waals surface area contributed by atoms with Gasteiger partial charge in [-0.2, -0.15) is 0 Å². The van der Waals surface area contributed by atoms with Crippen molar-refractivity contribution in [2.24, 2.45) is 0 Å². The molecule has 156 valence electrons. The molecule has 0 saturated carbocycles. The van der Waals surface area contributed by atoms with Gasteiger partial charge in [-0.15, -0.1) is 0 Å². The summed E-state index contributed by atoms with van der Waals surface area (Å²) in [5.74, 6) is 0.319. The highest BCUT2D eigenvalue weighted by Crippen LogP contribution is 2.21. The Hall–Kier alpha value is -3.35. The van der Waals surface area contributed by atoms with E-state index in [1.807, 2.05) is 49.4 Å². The fourth-order valence-corrected chi connectivity index (χ4v) is 4.08. The first-order valence-corrected chi connectivity index (χ1v) is 10.1. The molecular weight excluding hydrogens is 382 g/mol. The van der Waals surface area contributed by atoms with Gasteiger partial charge in [0.2, 0.25) is 11.8 Å². The summed E-state index contributed by atoms with van der Waals surface area (Å²) < 4.78 is 5.16. The summed E-state index contributed by atoms with van der Waals surface area (Å²) in [6, 6.07) is 13.6. The smallest absolute Gasteiger partial charge is 0.254 e. The van der Waals surface area contributed by atoms with Crippen LogP contribution in [-0.2, 0) is 16.0 Å². The van der Waals surface area contributed by atoms with Gasteiger partial charge in [-0.3, -0.25) is 14.4 Å². The molecule has 2 atom stereocenters. The van der Waals surface area contributed by atoms with Crippen molar-refractivity contribution < 1.29 is 19.1 Å². The molecule has 0 spiro atoms. The van der Waals surface area contributed by atoms with Gasteiger partial charge in [0.25, 0.3) is 5.91 Å². The van der Waals surface area contributed by atoms with Crippen LogP contribution in [0.15, 0.2) is 48.5 Å². The van der Waals surface area contributed by atoms with E-state index in [-0.39, 0.29) is 24.3 Å². The van der Waals surface area contributed by atoms with Gasteiger partial charge in [-0.1, -0.05) is 29.8 Å². The number of hydrogen-bond donors (Lipinski definition) is 1. The second-order valence-electron chi connectivity index (χ2n) is 7.78. The fourth-order valence-electron chi connectivity index (χ4n) is 4.08. The quantitative estimate of drug-likeness (QED) is 0.831. The summed E-state index contributed by atoms with van der Waals surface area (Å²) in [5.41, 5.74) is 2.55. The van der Waals surface area contributed by atoms with Crippen molar-refractivity contribution in [3.05, 3.63) is 65.2 Å². The van der Waals surface area contributed by atoms with Crippen LogP contribution < -0.4 is 10.1 Å². The molecule has 2 heterocycles. The topological polar surface area (TPSA) is 79.0 Å². The molecule has 2 aromatic rings. The SMILES string of the molecule is COc1ccc(C[C@@H]2NC(=O)[C@H]3CN(C(=O)c4cccc(C)c4)CCN3C2=O)cc1. The van der Waals surface area contributed by atoms with E-state index in [9.17, 15) is 14.4 Å². The lowest BCUT2D eigenvalue weighted by molar-refractivity contribution is -0.152. The van der Waals surface area contributed by atoms with Crippen molar-refractivity contribution in [2.75, 3.05) is 26.7 Å². The Morgan fingerprint density at radius 1 is 1.13 bits per heavy atom. The van der Waals surface area contributed by atoms with Crippen LogP contribution >= 0.6 is 0 Å². The molecule has 0 aliphatic carbocycles. The van der Waals surface area contributed by atoms with Crippen LogP contribution in [0.5, 0.6) is 5.75 Å². The Morgan fingerprint density at radius 2 is 1.90 bits per heavy atom. The van der Waals surface area contributed by atoms with E-state index in [1.54, 1.807) is 23.0 Å². The van der Waals surface area contributed by atoms with Crippen LogP contribution in [0.1, 0.15) is 21.5 Å². The molecule has 2 fully saturated rings. The number of carbonyl (C=O) groups is 3. The number of amides is 3. The fraction of sp³-hybridized carbons (Fsp3) is 0.348. The van der Waals surface area contributed by atoms with Gasteiger partial charge < -0.3 is 19.9 Å². The van der Waals surface area contributed by atoms with Crippen LogP contribution in [0, 0.1) is 6.92 Å². The number of benzene rings is 2. The van der Waals surface area contributed by atoms with E-state index in [4.69, 9.17) is 4.74 Å². The lowest BCUT2D eigenvalue weighted by Gasteiger charge is -2.45. The molecule has 0 bridgehead atoms. The Morgan fingerprint density at radius 3 is 2.60 bits per heavy atom. The van der Waals surface area contributed by atoms with Crippen LogP contribution in [-0.4, -0.2) is 66.3 Å². The van der Waals surface area contributed by atoms with Gasteiger partial charge in [0.1, 0.15) is 17.8 Å². The summed E-state index contributed by atoms with van der Waals surface area (Å²) in [6.45, 7) is 2.91. The number of nitrogens with zero attached hydrogens (tertiary/aromatic N) is 2. The lowest BCUT2D eigenvalue weighted by atomic mass is 9.98. The minimum absolute atomic E-state index is 0.0990. The molecule has 2 saturated heterocycles. The third-order valence-corrected chi connectivity index (χ3v) is 5.73. The molecule has 0 aromatic heterocycles. The third kappa shape index (κ3) is 3.87. The predicted octanol–water partition coefficient (Wildman–Crippen LogP) is 1.40. The Bertz CT molecular complexity index is 973. The number of piperazine rings is 2. The van der Waals surface area contributed by atoms with Crippen LogP contribution in [0.3, 0.4) is 0 Å². The van der Waals surface area contributed by atoms with Crippen LogP contribution in [0.4, 0.5) is 0 Å². The maximum Gasteiger partial charge on any atom is 0.254 e. The largest absolute Gasteiger partial charge is 0.497 e. The minimum Gasteiger partial charge on any atom is -0.497 e. The van der Waals surface area contributed by atoms with Crippen molar-refractivity contribution in [2.45, 2.75) is 25.4 Å². The number of fused-ring (bicyclic) bond motifs is 1. The molecule has 2 aromatic carbocycles. The zero-order valence-electron chi connectivity index (χ0n) is 17.1. The number of methoxy groups -OCH3 is 1. The maximum atomic E-state index is 13.0. The summed E-state index contributed by atoms with van der Waals surface area (Å²) >= 11 is 0. The summed E-state index contributed by atoms with van der Waals surface area (Å²) in [5, 5.41) is 2.85. The molecule has 30 heavy (non-hydrogen) atoms. The molecule has 7 nitrogen and oxygen atoms in total. The summed E-state index contributed by atoms with van der Waals surface area (Å²) in [4.78, 5) is 41.9. The second kappa shape index (κ2) is 8.18. The number of nitrogens with one attached hydrogen (secondary N) is 1. The molecule has 2 aliphatic heterocycles. The first-order valence-electron chi connectivity index (χ1n) is 10.1. The molecular formula is C23H25N3O4. The van der Waals surface area contributed by atoms with Gasteiger partial charge in [-0.25, -0.2) is 0 Å². The molecule has 2 aliphatic rings. The predicted molar refractivity (Wildman–Crippen MR) is 111 cm³/mol. The number of aryl methyl sites for hydroxylation is 1.